The number of hydrogen-bond donors (Lipinski definition) is 0. The number of benzene rings is 1. The zero-order chi connectivity index (χ0) is 17.3. The topological polar surface area (TPSA) is 26.3 Å². The maximum Gasteiger partial charge on any atom is 0.421 e. The predicted molar refractivity (Wildman–Crippen MR) is 83.2 cm³/mol. The van der Waals surface area contributed by atoms with Crippen molar-refractivity contribution in [3.05, 3.63) is 40.9 Å². The average Bonchev–Trinajstić information content (AvgIpc) is 2.45. The van der Waals surface area contributed by atoms with Crippen molar-refractivity contribution >= 4 is 23.5 Å². The van der Waals surface area contributed by atoms with Crippen molar-refractivity contribution in [2.45, 2.75) is 44.6 Å². The number of carbonyl (C=O) groups is 1. The van der Waals surface area contributed by atoms with E-state index in [0.29, 0.717) is 10.6 Å². The second-order valence-corrected chi connectivity index (χ2v) is 6.53. The van der Waals surface area contributed by atoms with Gasteiger partial charge in [-0.15, -0.1) is 0 Å². The Labute approximate surface area is 138 Å². The lowest BCUT2D eigenvalue weighted by atomic mass is 9.86. The lowest BCUT2D eigenvalue weighted by Gasteiger charge is -2.41. The number of ketones is 1. The van der Waals surface area contributed by atoms with Crippen molar-refractivity contribution in [2.24, 2.45) is 5.92 Å². The van der Waals surface area contributed by atoms with E-state index in [1.165, 1.54) is 6.08 Å². The molecule has 2 atom stereocenters. The predicted octanol–water partition coefficient (Wildman–Crippen LogP) is 5.06. The fourth-order valence-electron chi connectivity index (χ4n) is 2.48. The highest BCUT2D eigenvalue weighted by atomic mass is 35.5. The minimum absolute atomic E-state index is 0.0181. The standard InChI is InChI=1S/C17H18ClF3O2/c1-11(2)15-9-14(22)10-16(23-15,17(19,20)21)8-7-12-3-5-13(18)6-4-12/h3-8,11,15H,9-10H2,1-2H3/b8-7+/t15-,16?/m0/s1. The van der Waals surface area contributed by atoms with Crippen LogP contribution in [0.4, 0.5) is 13.2 Å². The third kappa shape index (κ3) is 4.15. The van der Waals surface area contributed by atoms with Crippen molar-refractivity contribution in [3.8, 4) is 0 Å². The molecular formula is C17H18ClF3O2. The van der Waals surface area contributed by atoms with Crippen LogP contribution in [0, 0.1) is 5.92 Å². The van der Waals surface area contributed by atoms with Gasteiger partial charge in [0.2, 0.25) is 0 Å². The summed E-state index contributed by atoms with van der Waals surface area (Å²) >= 11 is 5.76. The zero-order valence-corrected chi connectivity index (χ0v) is 13.6. The number of carbonyl (C=O) groups excluding carboxylic acids is 1. The van der Waals surface area contributed by atoms with E-state index in [1.54, 1.807) is 38.1 Å². The fourth-order valence-corrected chi connectivity index (χ4v) is 2.61. The van der Waals surface area contributed by atoms with Crippen LogP contribution >= 0.6 is 11.6 Å². The van der Waals surface area contributed by atoms with Crippen molar-refractivity contribution in [3.63, 3.8) is 0 Å². The molecule has 1 unspecified atom stereocenters. The molecule has 0 saturated carbocycles. The molecule has 1 aromatic rings. The van der Waals surface area contributed by atoms with Gasteiger partial charge in [0.25, 0.3) is 0 Å². The Morgan fingerprint density at radius 3 is 2.43 bits per heavy atom. The lowest BCUT2D eigenvalue weighted by molar-refractivity contribution is -0.282. The minimum atomic E-state index is -4.67. The van der Waals surface area contributed by atoms with Crippen LogP contribution in [-0.4, -0.2) is 23.7 Å². The zero-order valence-electron chi connectivity index (χ0n) is 12.9. The van der Waals surface area contributed by atoms with Crippen LogP contribution in [0.15, 0.2) is 30.3 Å². The molecule has 0 radical (unpaired) electrons. The number of Topliss-reactive ketones (excluding diaryl/α,β-unsaturated/α-hetero) is 1. The van der Waals surface area contributed by atoms with Gasteiger partial charge in [-0.05, 0) is 29.7 Å². The van der Waals surface area contributed by atoms with Gasteiger partial charge in [0.1, 0.15) is 5.78 Å². The Bertz CT molecular complexity index is 593. The average molecular weight is 347 g/mol. The summed E-state index contributed by atoms with van der Waals surface area (Å²) in [6.07, 6.45) is -3.82. The van der Waals surface area contributed by atoms with E-state index >= 15 is 0 Å². The molecule has 126 valence electrons. The smallest absolute Gasteiger partial charge is 0.357 e. The Kier molecular flexibility index (Phi) is 5.21. The van der Waals surface area contributed by atoms with E-state index < -0.39 is 30.1 Å². The van der Waals surface area contributed by atoms with Gasteiger partial charge in [-0.25, -0.2) is 0 Å². The molecule has 0 amide bonds. The summed E-state index contributed by atoms with van der Waals surface area (Å²) < 4.78 is 46.2. The van der Waals surface area contributed by atoms with Gasteiger partial charge in [0, 0.05) is 17.9 Å². The Morgan fingerprint density at radius 1 is 1.30 bits per heavy atom. The van der Waals surface area contributed by atoms with Crippen LogP contribution in [0.25, 0.3) is 6.08 Å². The Balaban J connectivity index is 2.36. The van der Waals surface area contributed by atoms with Gasteiger partial charge in [0.15, 0.2) is 5.60 Å². The quantitative estimate of drug-likeness (QED) is 0.764. The molecule has 0 spiro atoms. The van der Waals surface area contributed by atoms with E-state index in [2.05, 4.69) is 0 Å². The largest absolute Gasteiger partial charge is 0.421 e. The fraction of sp³-hybridized carbons (Fsp3) is 0.471. The van der Waals surface area contributed by atoms with Crippen LogP contribution < -0.4 is 0 Å². The Hall–Kier alpha value is -1.33. The highest BCUT2D eigenvalue weighted by molar-refractivity contribution is 6.30. The molecule has 1 saturated heterocycles. The van der Waals surface area contributed by atoms with Crippen molar-refractivity contribution in [1.29, 1.82) is 0 Å². The highest BCUT2D eigenvalue weighted by Gasteiger charge is 2.58. The van der Waals surface area contributed by atoms with Crippen LogP contribution in [0.1, 0.15) is 32.3 Å². The maximum atomic E-state index is 13.6. The summed E-state index contributed by atoms with van der Waals surface area (Å²) in [6.45, 7) is 3.49. The summed E-state index contributed by atoms with van der Waals surface area (Å²) in [5.41, 5.74) is -2.02. The lowest BCUT2D eigenvalue weighted by Crippen LogP contribution is -2.54. The first-order valence-electron chi connectivity index (χ1n) is 7.34. The van der Waals surface area contributed by atoms with Gasteiger partial charge in [-0.1, -0.05) is 43.7 Å². The molecule has 0 bridgehead atoms. The summed E-state index contributed by atoms with van der Waals surface area (Å²) in [7, 11) is 0. The summed E-state index contributed by atoms with van der Waals surface area (Å²) in [5, 5.41) is 0.497. The number of ether oxygens (including phenoxy) is 1. The van der Waals surface area contributed by atoms with Crippen LogP contribution in [0.5, 0.6) is 0 Å². The van der Waals surface area contributed by atoms with Crippen molar-refractivity contribution in [1.82, 2.24) is 0 Å². The minimum Gasteiger partial charge on any atom is -0.357 e. The molecule has 0 aromatic heterocycles. The summed E-state index contributed by atoms with van der Waals surface area (Å²) in [4.78, 5) is 11.9. The molecule has 23 heavy (non-hydrogen) atoms. The number of halogens is 4. The van der Waals surface area contributed by atoms with Crippen LogP contribution in [0.3, 0.4) is 0 Å². The third-order valence-electron chi connectivity index (χ3n) is 3.89. The van der Waals surface area contributed by atoms with E-state index in [9.17, 15) is 18.0 Å². The molecule has 1 aliphatic heterocycles. The van der Waals surface area contributed by atoms with Crippen LogP contribution in [-0.2, 0) is 9.53 Å². The second kappa shape index (κ2) is 6.65. The second-order valence-electron chi connectivity index (χ2n) is 6.09. The molecule has 1 fully saturated rings. The SMILES string of the molecule is CC(C)[C@@H]1CC(=O)CC(/C=C/c2ccc(Cl)cc2)(C(F)(F)F)O1. The van der Waals surface area contributed by atoms with Crippen LogP contribution in [0.2, 0.25) is 5.02 Å². The number of alkyl halides is 3. The highest BCUT2D eigenvalue weighted by Crippen LogP contribution is 2.43. The van der Waals surface area contributed by atoms with Gasteiger partial charge >= 0.3 is 6.18 Å². The molecule has 1 aliphatic rings. The van der Waals surface area contributed by atoms with Gasteiger partial charge < -0.3 is 4.74 Å². The first kappa shape index (κ1) is 18.0. The molecule has 1 aromatic carbocycles. The normalized spacial score (nSPS) is 26.2. The van der Waals surface area contributed by atoms with E-state index in [-0.39, 0.29) is 12.3 Å². The first-order valence-corrected chi connectivity index (χ1v) is 7.72. The van der Waals surface area contributed by atoms with Gasteiger partial charge in [-0.2, -0.15) is 13.2 Å². The molecule has 6 heteroatoms. The van der Waals surface area contributed by atoms with E-state index in [0.717, 1.165) is 6.08 Å². The summed E-state index contributed by atoms with van der Waals surface area (Å²) in [5.74, 6) is -0.613. The summed E-state index contributed by atoms with van der Waals surface area (Å²) in [6, 6.07) is 6.39. The van der Waals surface area contributed by atoms with Gasteiger partial charge in [-0.3, -0.25) is 4.79 Å². The Morgan fingerprint density at radius 2 is 1.91 bits per heavy atom. The van der Waals surface area contributed by atoms with Crippen molar-refractivity contribution < 1.29 is 22.7 Å². The van der Waals surface area contributed by atoms with Gasteiger partial charge in [0.05, 0.1) is 6.10 Å². The monoisotopic (exact) mass is 346 g/mol. The first-order chi connectivity index (χ1) is 10.6. The molecule has 0 N–H and O–H groups in total. The molecule has 2 rings (SSSR count). The number of hydrogen-bond acceptors (Lipinski definition) is 2. The molecular weight excluding hydrogens is 329 g/mol. The maximum absolute atomic E-state index is 13.6. The van der Waals surface area contributed by atoms with E-state index in [1.807, 2.05) is 0 Å². The van der Waals surface area contributed by atoms with Crippen molar-refractivity contribution in [2.75, 3.05) is 0 Å². The molecule has 2 nitrogen and oxygen atoms in total. The third-order valence-corrected chi connectivity index (χ3v) is 4.14. The molecule has 0 aliphatic carbocycles. The molecule has 1 heterocycles. The van der Waals surface area contributed by atoms with E-state index in [4.69, 9.17) is 16.3 Å². The number of rotatable bonds is 3.